The molecule has 1 aromatic carbocycles. The van der Waals surface area contributed by atoms with Crippen LogP contribution in [0.15, 0.2) is 12.1 Å². The van der Waals surface area contributed by atoms with Crippen molar-refractivity contribution in [2.24, 2.45) is 0 Å². The van der Waals surface area contributed by atoms with Gasteiger partial charge in [-0.05, 0) is 12.1 Å². The second-order valence-corrected chi connectivity index (χ2v) is 2.68. The van der Waals surface area contributed by atoms with Gasteiger partial charge < -0.3 is 10.2 Å². The van der Waals surface area contributed by atoms with Crippen LogP contribution in [-0.2, 0) is 0 Å². The van der Waals surface area contributed by atoms with Crippen molar-refractivity contribution in [2.75, 3.05) is 0 Å². The number of nitrogens with zero attached hydrogens (tertiary/aromatic N) is 1. The van der Waals surface area contributed by atoms with Crippen molar-refractivity contribution < 1.29 is 15.0 Å². The summed E-state index contributed by atoms with van der Waals surface area (Å²) in [7, 11) is 0. The zero-order valence-electron chi connectivity index (χ0n) is 6.28. The third-order valence-electron chi connectivity index (χ3n) is 1.43. The first-order chi connectivity index (χ1) is 6.06. The van der Waals surface area contributed by atoms with Crippen LogP contribution in [0.4, 0.5) is 0 Å². The van der Waals surface area contributed by atoms with Gasteiger partial charge in [0.25, 0.3) is 0 Å². The number of halogens is 1. The lowest BCUT2D eigenvalue weighted by Gasteiger charge is -2.00. The first-order valence-electron chi connectivity index (χ1n) is 3.22. The number of hydrogen-bond acceptors (Lipinski definition) is 3. The van der Waals surface area contributed by atoms with E-state index in [9.17, 15) is 4.79 Å². The smallest absolute Gasteiger partial charge is 0.335 e. The van der Waals surface area contributed by atoms with Gasteiger partial charge in [0.1, 0.15) is 6.07 Å². The van der Waals surface area contributed by atoms with E-state index in [-0.39, 0.29) is 16.1 Å². The molecule has 0 spiro atoms. The second kappa shape index (κ2) is 3.33. The number of nitriles is 1. The Kier molecular flexibility index (Phi) is 2.40. The van der Waals surface area contributed by atoms with E-state index < -0.39 is 11.7 Å². The van der Waals surface area contributed by atoms with Crippen molar-refractivity contribution in [3.8, 4) is 11.8 Å². The molecule has 1 aromatic rings. The molecule has 1 rings (SSSR count). The SMILES string of the molecule is N#Cc1cc(C(=O)O)cc(Cl)c1O. The lowest BCUT2D eigenvalue weighted by molar-refractivity contribution is 0.0697. The molecule has 0 fully saturated rings. The number of rotatable bonds is 1. The van der Waals surface area contributed by atoms with Gasteiger partial charge in [0.05, 0.1) is 16.1 Å². The maximum Gasteiger partial charge on any atom is 0.335 e. The summed E-state index contributed by atoms with van der Waals surface area (Å²) in [5.41, 5.74) is -0.274. The average molecular weight is 198 g/mol. The van der Waals surface area contributed by atoms with Crippen LogP contribution in [-0.4, -0.2) is 16.2 Å². The number of aromatic hydroxyl groups is 1. The quantitative estimate of drug-likeness (QED) is 0.717. The second-order valence-electron chi connectivity index (χ2n) is 2.27. The van der Waals surface area contributed by atoms with E-state index in [2.05, 4.69) is 0 Å². The summed E-state index contributed by atoms with van der Waals surface area (Å²) in [6.45, 7) is 0. The van der Waals surface area contributed by atoms with Crippen LogP contribution in [0, 0.1) is 11.3 Å². The molecule has 0 aliphatic heterocycles. The first-order valence-corrected chi connectivity index (χ1v) is 3.60. The number of carboxylic acid groups (broad SMARTS) is 1. The molecular formula is C8H4ClNO3. The van der Waals surface area contributed by atoms with Gasteiger partial charge in [-0.25, -0.2) is 4.79 Å². The molecule has 0 aliphatic rings. The number of benzene rings is 1. The lowest BCUT2D eigenvalue weighted by Crippen LogP contribution is -1.96. The fraction of sp³-hybridized carbons (Fsp3) is 0. The van der Waals surface area contributed by atoms with Gasteiger partial charge in [0, 0.05) is 0 Å². The minimum atomic E-state index is -1.20. The zero-order valence-corrected chi connectivity index (χ0v) is 7.04. The summed E-state index contributed by atoms with van der Waals surface area (Å²) in [5.74, 6) is -1.59. The number of phenols is 1. The molecule has 0 heterocycles. The molecule has 0 saturated carbocycles. The Bertz CT molecular complexity index is 409. The summed E-state index contributed by atoms with van der Waals surface area (Å²) in [6, 6.07) is 3.78. The number of carbonyl (C=O) groups is 1. The van der Waals surface area contributed by atoms with E-state index in [1.165, 1.54) is 0 Å². The van der Waals surface area contributed by atoms with Gasteiger partial charge in [0.15, 0.2) is 5.75 Å². The molecule has 0 atom stereocenters. The Morgan fingerprint density at radius 2 is 2.15 bits per heavy atom. The van der Waals surface area contributed by atoms with E-state index in [1.54, 1.807) is 6.07 Å². The third kappa shape index (κ3) is 1.71. The number of phenolic OH excluding ortho intramolecular Hbond substituents is 1. The molecule has 0 saturated heterocycles. The highest BCUT2D eigenvalue weighted by molar-refractivity contribution is 6.32. The van der Waals surface area contributed by atoms with Crippen molar-refractivity contribution in [1.29, 1.82) is 5.26 Å². The minimum Gasteiger partial charge on any atom is -0.505 e. The van der Waals surface area contributed by atoms with E-state index in [0.29, 0.717) is 0 Å². The standard InChI is InChI=1S/C8H4ClNO3/c9-6-2-4(8(12)13)1-5(3-10)7(6)11/h1-2,11H,(H,12,13). The van der Waals surface area contributed by atoms with Gasteiger partial charge in [-0.1, -0.05) is 11.6 Å². The summed E-state index contributed by atoms with van der Waals surface area (Å²) in [4.78, 5) is 10.5. The summed E-state index contributed by atoms with van der Waals surface area (Å²) < 4.78 is 0. The van der Waals surface area contributed by atoms with Crippen molar-refractivity contribution in [1.82, 2.24) is 0 Å². The Hall–Kier alpha value is -1.73. The molecule has 0 unspecified atom stereocenters. The monoisotopic (exact) mass is 197 g/mol. The molecule has 13 heavy (non-hydrogen) atoms. The Balaban J connectivity index is 3.41. The summed E-state index contributed by atoms with van der Waals surface area (Å²) >= 11 is 5.48. The van der Waals surface area contributed by atoms with Crippen LogP contribution in [0.5, 0.6) is 5.75 Å². The van der Waals surface area contributed by atoms with Crippen molar-refractivity contribution in [3.63, 3.8) is 0 Å². The Morgan fingerprint density at radius 3 is 2.62 bits per heavy atom. The predicted octanol–water partition coefficient (Wildman–Crippen LogP) is 1.62. The van der Waals surface area contributed by atoms with Crippen molar-refractivity contribution in [2.45, 2.75) is 0 Å². The van der Waals surface area contributed by atoms with Crippen LogP contribution in [0.2, 0.25) is 5.02 Å². The van der Waals surface area contributed by atoms with Crippen LogP contribution in [0.3, 0.4) is 0 Å². The van der Waals surface area contributed by atoms with Gasteiger partial charge >= 0.3 is 5.97 Å². The maximum atomic E-state index is 10.5. The molecule has 0 aromatic heterocycles. The molecule has 0 amide bonds. The molecule has 0 bridgehead atoms. The van der Waals surface area contributed by atoms with E-state index in [0.717, 1.165) is 12.1 Å². The number of aromatic carboxylic acids is 1. The van der Waals surface area contributed by atoms with Crippen molar-refractivity contribution >= 4 is 17.6 Å². The van der Waals surface area contributed by atoms with Crippen LogP contribution >= 0.6 is 11.6 Å². The Labute approximate surface area is 78.6 Å². The van der Waals surface area contributed by atoms with E-state index >= 15 is 0 Å². The molecule has 5 heteroatoms. The molecular weight excluding hydrogens is 194 g/mol. The van der Waals surface area contributed by atoms with E-state index in [4.69, 9.17) is 27.1 Å². The fourth-order valence-corrected chi connectivity index (χ4v) is 1.03. The number of carboxylic acids is 1. The molecule has 66 valence electrons. The van der Waals surface area contributed by atoms with Gasteiger partial charge in [0.2, 0.25) is 0 Å². The fourth-order valence-electron chi connectivity index (χ4n) is 0.808. The molecule has 4 nitrogen and oxygen atoms in total. The van der Waals surface area contributed by atoms with Gasteiger partial charge in [-0.3, -0.25) is 0 Å². The largest absolute Gasteiger partial charge is 0.505 e. The average Bonchev–Trinajstić information content (AvgIpc) is 2.09. The maximum absolute atomic E-state index is 10.5. The normalized spacial score (nSPS) is 9.23. The van der Waals surface area contributed by atoms with Crippen LogP contribution in [0.25, 0.3) is 0 Å². The molecule has 2 N–H and O–H groups in total. The molecule has 0 aliphatic carbocycles. The molecule has 0 radical (unpaired) electrons. The first kappa shape index (κ1) is 9.36. The highest BCUT2D eigenvalue weighted by Gasteiger charge is 2.11. The highest BCUT2D eigenvalue weighted by atomic mass is 35.5. The van der Waals surface area contributed by atoms with E-state index in [1.807, 2.05) is 0 Å². The minimum absolute atomic E-state index is 0.126. The van der Waals surface area contributed by atoms with Gasteiger partial charge in [-0.15, -0.1) is 0 Å². The Morgan fingerprint density at radius 1 is 1.54 bits per heavy atom. The number of hydrogen-bond donors (Lipinski definition) is 2. The van der Waals surface area contributed by atoms with Crippen molar-refractivity contribution in [3.05, 3.63) is 28.3 Å². The predicted molar refractivity (Wildman–Crippen MR) is 44.8 cm³/mol. The zero-order chi connectivity index (χ0) is 10.0. The highest BCUT2D eigenvalue weighted by Crippen LogP contribution is 2.28. The van der Waals surface area contributed by atoms with Crippen LogP contribution < -0.4 is 0 Å². The summed E-state index contributed by atoms with van der Waals surface area (Å²) in [6.07, 6.45) is 0. The third-order valence-corrected chi connectivity index (χ3v) is 1.72. The summed E-state index contributed by atoms with van der Waals surface area (Å²) in [5, 5.41) is 26.1. The van der Waals surface area contributed by atoms with Gasteiger partial charge in [-0.2, -0.15) is 5.26 Å². The van der Waals surface area contributed by atoms with Crippen LogP contribution in [0.1, 0.15) is 15.9 Å². The lowest BCUT2D eigenvalue weighted by atomic mass is 10.1. The topological polar surface area (TPSA) is 81.3 Å².